The number of alkyl halides is 3. The van der Waals surface area contributed by atoms with E-state index < -0.39 is 23.3 Å². The van der Waals surface area contributed by atoms with Gasteiger partial charge in [-0.25, -0.2) is 14.5 Å². The van der Waals surface area contributed by atoms with Crippen molar-refractivity contribution in [2.45, 2.75) is 45.6 Å². The topological polar surface area (TPSA) is 110 Å². The molecule has 3 aromatic rings. The Kier molecular flexibility index (Phi) is 6.97. The number of aryl methyl sites for hydroxylation is 1. The molecule has 0 amide bonds. The lowest BCUT2D eigenvalue weighted by Crippen LogP contribution is -2.43. The number of carbonyl (C=O) groups is 1. The molecule has 0 bridgehead atoms. The fourth-order valence-electron chi connectivity index (χ4n) is 4.40. The van der Waals surface area contributed by atoms with E-state index in [4.69, 9.17) is 9.90 Å². The molecule has 0 aliphatic carbocycles. The van der Waals surface area contributed by atoms with Gasteiger partial charge >= 0.3 is 23.3 Å². The quantitative estimate of drug-likeness (QED) is 0.517. The molecular weight excluding hydrogens is 507 g/mol. The van der Waals surface area contributed by atoms with Gasteiger partial charge in [0.15, 0.2) is 0 Å². The van der Waals surface area contributed by atoms with E-state index in [-0.39, 0.29) is 12.0 Å². The maximum Gasteiger partial charge on any atom is 0.490 e. The lowest BCUT2D eigenvalue weighted by molar-refractivity contribution is -0.192. The number of aliphatic carboxylic acids is 1. The zero-order valence-corrected chi connectivity index (χ0v) is 20.3. The first-order valence-electron chi connectivity index (χ1n) is 10.6. The van der Waals surface area contributed by atoms with Crippen LogP contribution in [0.2, 0.25) is 0 Å². The molecule has 1 unspecified atom stereocenters. The van der Waals surface area contributed by atoms with E-state index in [2.05, 4.69) is 32.5 Å². The minimum absolute atomic E-state index is 0.0132. The summed E-state index contributed by atoms with van der Waals surface area (Å²) in [7, 11) is 0. The lowest BCUT2D eigenvalue weighted by atomic mass is 9.86. The SMILES string of the molecule is Cc1nc(Cn2nc3n(c(=O)c2=O)CC2(CCN(Cc4cccs4)C2)C3)cs1.O=C(O)C(F)(F)F. The minimum Gasteiger partial charge on any atom is -0.475 e. The summed E-state index contributed by atoms with van der Waals surface area (Å²) in [6, 6.07) is 4.25. The van der Waals surface area contributed by atoms with Gasteiger partial charge in [-0.2, -0.15) is 18.3 Å². The number of fused-ring (bicyclic) bond motifs is 1. The van der Waals surface area contributed by atoms with Crippen molar-refractivity contribution in [2.24, 2.45) is 5.41 Å². The van der Waals surface area contributed by atoms with Gasteiger partial charge in [0.1, 0.15) is 5.82 Å². The van der Waals surface area contributed by atoms with Crippen LogP contribution in [0.15, 0.2) is 32.5 Å². The van der Waals surface area contributed by atoms with Crippen molar-refractivity contribution in [2.75, 3.05) is 13.1 Å². The molecule has 1 saturated heterocycles. The smallest absolute Gasteiger partial charge is 0.475 e. The Labute approximate surface area is 205 Å². The van der Waals surface area contributed by atoms with Crippen molar-refractivity contribution in [1.29, 1.82) is 0 Å². The van der Waals surface area contributed by atoms with Crippen molar-refractivity contribution >= 4 is 28.6 Å². The normalized spacial score (nSPS) is 19.5. The van der Waals surface area contributed by atoms with Crippen molar-refractivity contribution in [3.05, 3.63) is 65.0 Å². The van der Waals surface area contributed by atoms with Crippen molar-refractivity contribution in [1.82, 2.24) is 24.2 Å². The largest absolute Gasteiger partial charge is 0.490 e. The molecule has 1 fully saturated rings. The van der Waals surface area contributed by atoms with Gasteiger partial charge in [-0.05, 0) is 31.3 Å². The highest BCUT2D eigenvalue weighted by Crippen LogP contribution is 2.39. The average molecular weight is 530 g/mol. The van der Waals surface area contributed by atoms with Crippen LogP contribution in [-0.2, 0) is 30.8 Å². The molecule has 0 radical (unpaired) electrons. The second kappa shape index (κ2) is 9.66. The van der Waals surface area contributed by atoms with Crippen LogP contribution in [0, 0.1) is 12.3 Å². The fraction of sp³-hybridized carbons (Fsp3) is 0.476. The molecule has 1 spiro atoms. The first-order valence-corrected chi connectivity index (χ1v) is 12.4. The number of halogens is 3. The first kappa shape index (κ1) is 25.3. The summed E-state index contributed by atoms with van der Waals surface area (Å²) in [5, 5.41) is 16.6. The van der Waals surface area contributed by atoms with Crippen LogP contribution in [-0.4, -0.2) is 54.6 Å². The van der Waals surface area contributed by atoms with Gasteiger partial charge in [-0.1, -0.05) is 6.07 Å². The summed E-state index contributed by atoms with van der Waals surface area (Å²) in [5.74, 6) is -2.03. The van der Waals surface area contributed by atoms with E-state index in [9.17, 15) is 22.8 Å². The minimum atomic E-state index is -5.08. The second-order valence-electron chi connectivity index (χ2n) is 8.65. The molecule has 0 saturated carbocycles. The van der Waals surface area contributed by atoms with Gasteiger partial charge in [0.25, 0.3) is 0 Å². The summed E-state index contributed by atoms with van der Waals surface area (Å²) in [6.45, 7) is 5.68. The number of carboxylic acid groups (broad SMARTS) is 1. The number of hydrogen-bond acceptors (Lipinski definition) is 8. The van der Waals surface area contributed by atoms with Gasteiger partial charge in [0.2, 0.25) is 0 Å². The fourth-order valence-corrected chi connectivity index (χ4v) is 5.75. The van der Waals surface area contributed by atoms with E-state index in [1.807, 2.05) is 12.3 Å². The highest BCUT2D eigenvalue weighted by Gasteiger charge is 2.44. The number of likely N-dealkylation sites (tertiary alicyclic amines) is 1. The molecular formula is C21H22F3N5O4S2. The van der Waals surface area contributed by atoms with E-state index in [1.54, 1.807) is 15.9 Å². The third kappa shape index (κ3) is 5.70. The van der Waals surface area contributed by atoms with E-state index in [0.29, 0.717) is 6.54 Å². The lowest BCUT2D eigenvalue weighted by Gasteiger charge is -2.22. The number of thiazole rings is 1. The van der Waals surface area contributed by atoms with Crippen LogP contribution in [0.1, 0.15) is 27.8 Å². The highest BCUT2D eigenvalue weighted by atomic mass is 32.1. The Morgan fingerprint density at radius 2 is 1.94 bits per heavy atom. The average Bonchev–Trinajstić information content (AvgIpc) is 3.56. The summed E-state index contributed by atoms with van der Waals surface area (Å²) < 4.78 is 34.6. The van der Waals surface area contributed by atoms with Crippen LogP contribution in [0.25, 0.3) is 0 Å². The number of nitrogens with zero attached hydrogens (tertiary/aromatic N) is 5. The number of thiophene rings is 1. The van der Waals surface area contributed by atoms with Crippen LogP contribution in [0.3, 0.4) is 0 Å². The first-order chi connectivity index (χ1) is 16.5. The molecule has 5 heterocycles. The summed E-state index contributed by atoms with van der Waals surface area (Å²) >= 11 is 3.31. The Bertz CT molecular complexity index is 1330. The predicted molar refractivity (Wildman–Crippen MR) is 123 cm³/mol. The van der Waals surface area contributed by atoms with Gasteiger partial charge < -0.3 is 5.11 Å². The molecule has 0 aromatic carbocycles. The maximum atomic E-state index is 12.7. The Morgan fingerprint density at radius 1 is 1.20 bits per heavy atom. The Morgan fingerprint density at radius 3 is 2.54 bits per heavy atom. The standard InChI is InChI=1S/C19H21N5O2S2.C2HF3O2/c1-13-20-14(10-28-13)8-24-18(26)17(25)23-12-19(7-16(23)21-24)4-5-22(11-19)9-15-3-2-6-27-15;3-2(4,5)1(6)7/h2-3,6,10H,4-5,7-9,11-12H2,1H3;(H,6,7). The number of rotatable bonds is 4. The molecule has 1 N–H and O–H groups in total. The predicted octanol–water partition coefficient (Wildman–Crippen LogP) is 2.36. The molecule has 35 heavy (non-hydrogen) atoms. The summed E-state index contributed by atoms with van der Waals surface area (Å²) in [4.78, 5) is 42.4. The van der Waals surface area contributed by atoms with E-state index >= 15 is 0 Å². The van der Waals surface area contributed by atoms with Gasteiger partial charge in [-0.15, -0.1) is 22.7 Å². The Balaban J connectivity index is 0.000000364. The molecule has 14 heteroatoms. The van der Waals surface area contributed by atoms with Crippen LogP contribution < -0.4 is 11.1 Å². The number of aromatic nitrogens is 4. The number of carboxylic acids is 1. The van der Waals surface area contributed by atoms with Crippen molar-refractivity contribution < 1.29 is 23.1 Å². The summed E-state index contributed by atoms with van der Waals surface area (Å²) in [5.41, 5.74) is -0.221. The third-order valence-electron chi connectivity index (χ3n) is 5.93. The van der Waals surface area contributed by atoms with Gasteiger partial charge in [-0.3, -0.25) is 19.1 Å². The van der Waals surface area contributed by atoms with Crippen LogP contribution in [0.5, 0.6) is 0 Å². The highest BCUT2D eigenvalue weighted by molar-refractivity contribution is 7.10. The molecule has 188 valence electrons. The van der Waals surface area contributed by atoms with Crippen LogP contribution in [0.4, 0.5) is 13.2 Å². The second-order valence-corrected chi connectivity index (χ2v) is 10.7. The van der Waals surface area contributed by atoms with Crippen molar-refractivity contribution in [3.63, 3.8) is 0 Å². The zero-order valence-electron chi connectivity index (χ0n) is 18.6. The molecule has 1 atom stereocenters. The van der Waals surface area contributed by atoms with Gasteiger partial charge in [0.05, 0.1) is 17.2 Å². The molecule has 2 aliphatic heterocycles. The molecule has 5 rings (SSSR count). The molecule has 9 nitrogen and oxygen atoms in total. The maximum absolute atomic E-state index is 12.7. The van der Waals surface area contributed by atoms with Crippen LogP contribution >= 0.6 is 22.7 Å². The zero-order chi connectivity index (χ0) is 25.4. The van der Waals surface area contributed by atoms with E-state index in [1.165, 1.54) is 20.9 Å². The molecule has 3 aromatic heterocycles. The Hall–Kier alpha value is -2.84. The number of hydrogen-bond donors (Lipinski definition) is 1. The summed E-state index contributed by atoms with van der Waals surface area (Å²) in [6.07, 6.45) is -3.31. The van der Waals surface area contributed by atoms with Gasteiger partial charge in [0, 0.05) is 41.7 Å². The van der Waals surface area contributed by atoms with E-state index in [0.717, 1.165) is 49.0 Å². The third-order valence-corrected chi connectivity index (χ3v) is 7.62. The molecule has 2 aliphatic rings. The monoisotopic (exact) mass is 529 g/mol. The van der Waals surface area contributed by atoms with Crippen molar-refractivity contribution in [3.8, 4) is 0 Å².